The number of benzene rings is 1. The lowest BCUT2D eigenvalue weighted by Crippen LogP contribution is -2.21. The summed E-state index contributed by atoms with van der Waals surface area (Å²) in [5, 5.41) is 12.3. The number of nitriles is 1. The summed E-state index contributed by atoms with van der Waals surface area (Å²) in [7, 11) is 5.74. The lowest BCUT2D eigenvalue weighted by molar-refractivity contribution is 0.394. The number of hydrogen-bond acceptors (Lipinski definition) is 4. The number of nitrogens with one attached hydrogen (secondary N) is 1. The van der Waals surface area contributed by atoms with Crippen molar-refractivity contribution in [3.05, 3.63) is 29.3 Å². The third kappa shape index (κ3) is 4.74. The van der Waals surface area contributed by atoms with Crippen LogP contribution in [0.15, 0.2) is 18.2 Å². The van der Waals surface area contributed by atoms with Crippen molar-refractivity contribution in [2.75, 3.05) is 34.3 Å². The van der Waals surface area contributed by atoms with Crippen molar-refractivity contribution in [3.8, 4) is 11.8 Å². The molecule has 0 aromatic heterocycles. The Morgan fingerprint density at radius 1 is 1.39 bits per heavy atom. The highest BCUT2D eigenvalue weighted by Crippen LogP contribution is 2.18. The van der Waals surface area contributed by atoms with Crippen molar-refractivity contribution in [2.45, 2.75) is 13.0 Å². The van der Waals surface area contributed by atoms with E-state index in [1.165, 1.54) is 0 Å². The van der Waals surface area contributed by atoms with Gasteiger partial charge in [0.2, 0.25) is 0 Å². The monoisotopic (exact) mass is 247 g/mol. The van der Waals surface area contributed by atoms with E-state index in [1.54, 1.807) is 13.2 Å². The van der Waals surface area contributed by atoms with Gasteiger partial charge in [0, 0.05) is 6.54 Å². The fourth-order valence-electron chi connectivity index (χ4n) is 1.69. The number of hydrogen-bond donors (Lipinski definition) is 1. The summed E-state index contributed by atoms with van der Waals surface area (Å²) in [5.41, 5.74) is 1.71. The molecule has 0 aliphatic carbocycles. The molecule has 0 aliphatic heterocycles. The first-order chi connectivity index (χ1) is 8.67. The van der Waals surface area contributed by atoms with E-state index < -0.39 is 0 Å². The summed E-state index contributed by atoms with van der Waals surface area (Å²) in [6, 6.07) is 7.79. The van der Waals surface area contributed by atoms with Crippen LogP contribution in [0.1, 0.15) is 17.5 Å². The number of nitrogens with zero attached hydrogens (tertiary/aromatic N) is 2. The van der Waals surface area contributed by atoms with Crippen LogP contribution in [0.5, 0.6) is 5.75 Å². The van der Waals surface area contributed by atoms with Crippen LogP contribution in [0.3, 0.4) is 0 Å². The molecule has 18 heavy (non-hydrogen) atoms. The molecule has 0 atom stereocenters. The summed E-state index contributed by atoms with van der Waals surface area (Å²) in [6.07, 6.45) is 1.13. The van der Waals surface area contributed by atoms with E-state index in [0.29, 0.717) is 11.3 Å². The summed E-state index contributed by atoms with van der Waals surface area (Å²) < 4.78 is 5.18. The van der Waals surface area contributed by atoms with Crippen LogP contribution in [-0.4, -0.2) is 39.2 Å². The molecule has 4 nitrogen and oxygen atoms in total. The zero-order valence-corrected chi connectivity index (χ0v) is 11.4. The fraction of sp³-hybridized carbons (Fsp3) is 0.500. The molecule has 0 amide bonds. The van der Waals surface area contributed by atoms with Gasteiger partial charge in [0.15, 0.2) is 0 Å². The Morgan fingerprint density at radius 3 is 2.78 bits per heavy atom. The largest absolute Gasteiger partial charge is 0.495 e. The Labute approximate surface area is 109 Å². The fourth-order valence-corrected chi connectivity index (χ4v) is 1.69. The van der Waals surface area contributed by atoms with E-state index in [1.807, 2.05) is 12.1 Å². The minimum absolute atomic E-state index is 0.578. The van der Waals surface area contributed by atoms with Crippen LogP contribution < -0.4 is 10.1 Å². The van der Waals surface area contributed by atoms with Crippen LogP contribution in [0, 0.1) is 11.3 Å². The van der Waals surface area contributed by atoms with Crippen LogP contribution in [0.4, 0.5) is 0 Å². The molecule has 98 valence electrons. The standard InChI is InChI=1S/C14H21N3O/c1-17(2)8-4-7-16-11-12-5-6-13(10-15)14(9-12)18-3/h5-6,9,16H,4,7-8,11H2,1-3H3. The van der Waals surface area contributed by atoms with Gasteiger partial charge in [-0.25, -0.2) is 0 Å². The van der Waals surface area contributed by atoms with Gasteiger partial charge in [-0.05, 0) is 51.3 Å². The van der Waals surface area contributed by atoms with Crippen LogP contribution in [-0.2, 0) is 6.54 Å². The highest BCUT2D eigenvalue weighted by Gasteiger charge is 2.03. The van der Waals surface area contributed by atoms with Gasteiger partial charge < -0.3 is 15.0 Å². The van der Waals surface area contributed by atoms with Crippen molar-refractivity contribution in [3.63, 3.8) is 0 Å². The summed E-state index contributed by atoms with van der Waals surface area (Å²) >= 11 is 0. The molecule has 1 aromatic carbocycles. The lowest BCUT2D eigenvalue weighted by Gasteiger charge is -2.10. The first-order valence-corrected chi connectivity index (χ1v) is 6.10. The third-order valence-electron chi connectivity index (χ3n) is 2.67. The molecule has 0 saturated heterocycles. The molecule has 0 bridgehead atoms. The average Bonchev–Trinajstić information content (AvgIpc) is 2.37. The Hall–Kier alpha value is -1.57. The minimum atomic E-state index is 0.578. The molecule has 0 aliphatic rings. The van der Waals surface area contributed by atoms with E-state index in [-0.39, 0.29) is 0 Å². The van der Waals surface area contributed by atoms with E-state index in [9.17, 15) is 0 Å². The number of rotatable bonds is 7. The maximum atomic E-state index is 8.89. The van der Waals surface area contributed by atoms with Gasteiger partial charge in [0.05, 0.1) is 12.7 Å². The molecule has 1 aromatic rings. The topological polar surface area (TPSA) is 48.3 Å². The number of methoxy groups -OCH3 is 1. The molecule has 0 saturated carbocycles. The molecule has 0 heterocycles. The predicted octanol–water partition coefficient (Wildman–Crippen LogP) is 1.61. The van der Waals surface area contributed by atoms with Crippen molar-refractivity contribution < 1.29 is 4.74 Å². The smallest absolute Gasteiger partial charge is 0.136 e. The number of ether oxygens (including phenoxy) is 1. The molecular formula is C14H21N3O. The van der Waals surface area contributed by atoms with E-state index in [2.05, 4.69) is 30.4 Å². The van der Waals surface area contributed by atoms with Gasteiger partial charge in [-0.3, -0.25) is 0 Å². The van der Waals surface area contributed by atoms with E-state index in [0.717, 1.165) is 31.6 Å². The highest BCUT2D eigenvalue weighted by molar-refractivity contribution is 5.45. The Kier molecular flexibility index (Phi) is 6.20. The second-order valence-electron chi connectivity index (χ2n) is 4.48. The zero-order valence-electron chi connectivity index (χ0n) is 11.4. The van der Waals surface area contributed by atoms with Crippen molar-refractivity contribution in [2.24, 2.45) is 0 Å². The minimum Gasteiger partial charge on any atom is -0.495 e. The first kappa shape index (κ1) is 14.5. The van der Waals surface area contributed by atoms with Gasteiger partial charge in [-0.15, -0.1) is 0 Å². The van der Waals surface area contributed by atoms with Crippen molar-refractivity contribution in [1.82, 2.24) is 10.2 Å². The molecular weight excluding hydrogens is 226 g/mol. The normalized spacial score (nSPS) is 10.4. The molecule has 0 fully saturated rings. The highest BCUT2D eigenvalue weighted by atomic mass is 16.5. The van der Waals surface area contributed by atoms with Gasteiger partial charge >= 0.3 is 0 Å². The predicted molar refractivity (Wildman–Crippen MR) is 72.6 cm³/mol. The SMILES string of the molecule is COc1cc(CNCCCN(C)C)ccc1C#N. The van der Waals surface area contributed by atoms with E-state index >= 15 is 0 Å². The average molecular weight is 247 g/mol. The molecule has 0 radical (unpaired) electrons. The summed E-state index contributed by atoms with van der Waals surface area (Å²) in [5.74, 6) is 0.644. The summed E-state index contributed by atoms with van der Waals surface area (Å²) in [6.45, 7) is 2.87. The van der Waals surface area contributed by atoms with Crippen LogP contribution in [0.25, 0.3) is 0 Å². The molecule has 0 spiro atoms. The Bertz CT molecular complexity index is 410. The molecule has 0 unspecified atom stereocenters. The van der Waals surface area contributed by atoms with E-state index in [4.69, 9.17) is 10.00 Å². The second kappa shape index (κ2) is 7.70. The molecule has 1 rings (SSSR count). The quantitative estimate of drug-likeness (QED) is 0.744. The van der Waals surface area contributed by atoms with Gasteiger partial charge in [-0.1, -0.05) is 6.07 Å². The maximum Gasteiger partial charge on any atom is 0.136 e. The second-order valence-corrected chi connectivity index (χ2v) is 4.48. The van der Waals surface area contributed by atoms with Crippen LogP contribution >= 0.6 is 0 Å². The molecule has 4 heteroatoms. The third-order valence-corrected chi connectivity index (χ3v) is 2.67. The lowest BCUT2D eigenvalue weighted by atomic mass is 10.1. The van der Waals surface area contributed by atoms with Crippen molar-refractivity contribution in [1.29, 1.82) is 5.26 Å². The summed E-state index contributed by atoms with van der Waals surface area (Å²) in [4.78, 5) is 2.17. The van der Waals surface area contributed by atoms with Crippen molar-refractivity contribution >= 4 is 0 Å². The molecule has 1 N–H and O–H groups in total. The van der Waals surface area contributed by atoms with Gasteiger partial charge in [-0.2, -0.15) is 5.26 Å². The Morgan fingerprint density at radius 2 is 2.17 bits per heavy atom. The zero-order chi connectivity index (χ0) is 13.4. The maximum absolute atomic E-state index is 8.89. The van der Waals surface area contributed by atoms with Crippen LogP contribution in [0.2, 0.25) is 0 Å². The Balaban J connectivity index is 2.41. The van der Waals surface area contributed by atoms with Gasteiger partial charge in [0.1, 0.15) is 11.8 Å². The van der Waals surface area contributed by atoms with Gasteiger partial charge in [0.25, 0.3) is 0 Å². The first-order valence-electron chi connectivity index (χ1n) is 6.10.